The van der Waals surface area contributed by atoms with E-state index in [1.165, 1.54) is 64.2 Å². The highest BCUT2D eigenvalue weighted by molar-refractivity contribution is 5.86. The van der Waals surface area contributed by atoms with Gasteiger partial charge in [-0.3, -0.25) is 15.4 Å². The number of carbonyl (C=O) groups is 1. The molecule has 0 aromatic rings. The summed E-state index contributed by atoms with van der Waals surface area (Å²) in [5, 5.41) is 16.3. The Morgan fingerprint density at radius 2 is 1.44 bits per heavy atom. The molecule has 1 aliphatic heterocycles. The third-order valence-electron chi connectivity index (χ3n) is 5.58. The highest BCUT2D eigenvalue weighted by Gasteiger charge is 2.31. The first kappa shape index (κ1) is 24.3. The number of aliphatic hydroxyl groups excluding tert-OH is 1. The summed E-state index contributed by atoms with van der Waals surface area (Å²) in [7, 11) is 0. The lowest BCUT2D eigenvalue weighted by atomic mass is 9.90. The van der Waals surface area contributed by atoms with Crippen LogP contribution in [0, 0.1) is 5.92 Å². The number of unbranched alkanes of at least 4 members (excludes halogenated alkanes) is 10. The summed E-state index contributed by atoms with van der Waals surface area (Å²) < 4.78 is 0. The first-order valence-electron chi connectivity index (χ1n) is 11.5. The van der Waals surface area contributed by atoms with Gasteiger partial charge in [-0.15, -0.1) is 0 Å². The van der Waals surface area contributed by atoms with Gasteiger partial charge in [0.25, 0.3) is 0 Å². The lowest BCUT2D eigenvalue weighted by Gasteiger charge is -2.22. The first-order chi connectivity index (χ1) is 13.2. The molecule has 4 heteroatoms. The fourth-order valence-corrected chi connectivity index (χ4v) is 3.80. The molecule has 2 atom stereocenters. The number of hydrogen-bond acceptors (Lipinski definition) is 4. The van der Waals surface area contributed by atoms with Gasteiger partial charge in [0, 0.05) is 19.0 Å². The van der Waals surface area contributed by atoms with E-state index in [1.807, 2.05) is 0 Å². The number of ketones is 1. The van der Waals surface area contributed by atoms with Gasteiger partial charge in [0.2, 0.25) is 0 Å². The molecular weight excluding hydrogens is 336 g/mol. The molecular formula is C23H44N2O2. The van der Waals surface area contributed by atoms with Crippen LogP contribution in [0.5, 0.6) is 0 Å². The van der Waals surface area contributed by atoms with Crippen LogP contribution in [0.4, 0.5) is 0 Å². The van der Waals surface area contributed by atoms with Crippen LogP contribution in [0.15, 0.2) is 12.2 Å². The minimum atomic E-state index is -0.563. The molecule has 27 heavy (non-hydrogen) atoms. The maximum absolute atomic E-state index is 12.5. The molecule has 1 saturated heterocycles. The molecule has 2 unspecified atom stereocenters. The average Bonchev–Trinajstić information content (AvgIpc) is 3.19. The molecule has 158 valence electrons. The van der Waals surface area contributed by atoms with E-state index in [1.54, 1.807) is 6.92 Å². The zero-order valence-electron chi connectivity index (χ0n) is 17.8. The standard InChI is InChI=1S/C23H44N2O2/c1-3-4-5-6-7-8-9-10-11-12-13-14-15-16-17-21(20(2)26)22(27)23-24-18-19-25-23/h10-11,20-21,23-26H,3-9,12-19H2,1-2H3/b11-10-. The van der Waals surface area contributed by atoms with E-state index < -0.39 is 6.10 Å². The third-order valence-corrected chi connectivity index (χ3v) is 5.58. The normalized spacial score (nSPS) is 17.6. The molecule has 1 heterocycles. The summed E-state index contributed by atoms with van der Waals surface area (Å²) in [4.78, 5) is 12.5. The van der Waals surface area contributed by atoms with Crippen molar-refractivity contribution in [3.8, 4) is 0 Å². The van der Waals surface area contributed by atoms with Crippen LogP contribution in [0.3, 0.4) is 0 Å². The molecule has 4 nitrogen and oxygen atoms in total. The smallest absolute Gasteiger partial charge is 0.169 e. The summed E-state index contributed by atoms with van der Waals surface area (Å²) in [5.74, 6) is -0.120. The molecule has 1 fully saturated rings. The van der Waals surface area contributed by atoms with E-state index >= 15 is 0 Å². The van der Waals surface area contributed by atoms with Crippen molar-refractivity contribution in [2.45, 2.75) is 110 Å². The largest absolute Gasteiger partial charge is 0.393 e. The topological polar surface area (TPSA) is 61.4 Å². The second kappa shape index (κ2) is 16.3. The summed E-state index contributed by atoms with van der Waals surface area (Å²) in [6, 6.07) is 0. The number of aliphatic hydroxyl groups is 1. The van der Waals surface area contributed by atoms with E-state index in [-0.39, 0.29) is 17.9 Å². The number of carbonyl (C=O) groups excluding carboxylic acids is 1. The summed E-state index contributed by atoms with van der Waals surface area (Å²) in [6.07, 6.45) is 19.9. The van der Waals surface area contributed by atoms with E-state index in [9.17, 15) is 9.90 Å². The molecule has 0 aromatic carbocycles. The van der Waals surface area contributed by atoms with E-state index in [0.717, 1.165) is 32.4 Å². The van der Waals surface area contributed by atoms with Gasteiger partial charge in [0.15, 0.2) is 5.78 Å². The van der Waals surface area contributed by atoms with Crippen molar-refractivity contribution in [2.75, 3.05) is 13.1 Å². The molecule has 0 spiro atoms. The SMILES string of the molecule is CCCCCCCC/C=C\CCCCCCC(C(=O)C1NCCN1)C(C)O. The summed E-state index contributed by atoms with van der Waals surface area (Å²) in [5.41, 5.74) is 0. The van der Waals surface area contributed by atoms with Crippen LogP contribution in [0.25, 0.3) is 0 Å². The number of allylic oxidation sites excluding steroid dienone is 2. The maximum Gasteiger partial charge on any atom is 0.169 e. The van der Waals surface area contributed by atoms with Crippen molar-refractivity contribution in [2.24, 2.45) is 5.92 Å². The minimum Gasteiger partial charge on any atom is -0.393 e. The fourth-order valence-electron chi connectivity index (χ4n) is 3.80. The van der Waals surface area contributed by atoms with Crippen LogP contribution >= 0.6 is 0 Å². The predicted molar refractivity (Wildman–Crippen MR) is 115 cm³/mol. The van der Waals surface area contributed by atoms with Gasteiger partial charge in [-0.25, -0.2) is 0 Å². The van der Waals surface area contributed by atoms with Gasteiger partial charge in [-0.1, -0.05) is 70.4 Å². The Morgan fingerprint density at radius 3 is 2.00 bits per heavy atom. The molecule has 1 rings (SSSR count). The molecule has 0 aliphatic carbocycles. The molecule has 0 saturated carbocycles. The Labute approximate surface area is 167 Å². The van der Waals surface area contributed by atoms with Crippen molar-refractivity contribution < 1.29 is 9.90 Å². The molecule has 3 N–H and O–H groups in total. The number of rotatable bonds is 17. The number of hydrogen-bond donors (Lipinski definition) is 3. The highest BCUT2D eigenvalue weighted by atomic mass is 16.3. The Kier molecular flexibility index (Phi) is 14.7. The van der Waals surface area contributed by atoms with Crippen molar-refractivity contribution >= 4 is 5.78 Å². The van der Waals surface area contributed by atoms with Crippen LogP contribution in [0.1, 0.15) is 97.3 Å². The molecule has 0 aromatic heterocycles. The van der Waals surface area contributed by atoms with Gasteiger partial charge in [-0.2, -0.15) is 0 Å². The van der Waals surface area contributed by atoms with Gasteiger partial charge < -0.3 is 5.11 Å². The van der Waals surface area contributed by atoms with Crippen molar-refractivity contribution in [3.05, 3.63) is 12.2 Å². The van der Waals surface area contributed by atoms with Crippen LogP contribution < -0.4 is 10.6 Å². The van der Waals surface area contributed by atoms with Gasteiger partial charge >= 0.3 is 0 Å². The van der Waals surface area contributed by atoms with Crippen molar-refractivity contribution in [1.82, 2.24) is 10.6 Å². The maximum atomic E-state index is 12.5. The van der Waals surface area contributed by atoms with Crippen LogP contribution in [-0.4, -0.2) is 36.2 Å². The predicted octanol–water partition coefficient (Wildman–Crippen LogP) is 4.72. The van der Waals surface area contributed by atoms with Crippen LogP contribution in [-0.2, 0) is 4.79 Å². The van der Waals surface area contributed by atoms with E-state index in [4.69, 9.17) is 0 Å². The van der Waals surface area contributed by atoms with E-state index in [2.05, 4.69) is 29.7 Å². The monoisotopic (exact) mass is 380 g/mol. The third kappa shape index (κ3) is 11.7. The lowest BCUT2D eigenvalue weighted by Crippen LogP contribution is -2.45. The van der Waals surface area contributed by atoms with Crippen LogP contribution in [0.2, 0.25) is 0 Å². The molecule has 0 bridgehead atoms. The van der Waals surface area contributed by atoms with Crippen molar-refractivity contribution in [1.29, 1.82) is 0 Å². The number of Topliss-reactive ketones (excluding diaryl/α,β-unsaturated/α-hetero) is 1. The van der Waals surface area contributed by atoms with Gasteiger partial charge in [0.1, 0.15) is 6.17 Å². The number of nitrogens with one attached hydrogen (secondary N) is 2. The highest BCUT2D eigenvalue weighted by Crippen LogP contribution is 2.18. The Morgan fingerprint density at radius 1 is 0.926 bits per heavy atom. The molecule has 0 radical (unpaired) electrons. The Balaban J connectivity index is 1.98. The first-order valence-corrected chi connectivity index (χ1v) is 11.5. The molecule has 0 amide bonds. The van der Waals surface area contributed by atoms with Crippen molar-refractivity contribution in [3.63, 3.8) is 0 Å². The summed E-state index contributed by atoms with van der Waals surface area (Å²) in [6.45, 7) is 5.66. The average molecular weight is 381 g/mol. The lowest BCUT2D eigenvalue weighted by molar-refractivity contribution is -0.128. The second-order valence-corrected chi connectivity index (χ2v) is 8.11. The summed E-state index contributed by atoms with van der Waals surface area (Å²) >= 11 is 0. The fraction of sp³-hybridized carbons (Fsp3) is 0.870. The Bertz CT molecular complexity index is 390. The van der Waals surface area contributed by atoms with E-state index in [0.29, 0.717) is 0 Å². The van der Waals surface area contributed by atoms with Gasteiger partial charge in [-0.05, 0) is 39.0 Å². The quantitative estimate of drug-likeness (QED) is 0.252. The Hall–Kier alpha value is -0.710. The second-order valence-electron chi connectivity index (χ2n) is 8.11. The van der Waals surface area contributed by atoms with Gasteiger partial charge in [0.05, 0.1) is 6.10 Å². The zero-order chi connectivity index (χ0) is 19.7. The molecule has 1 aliphatic rings. The minimum absolute atomic E-state index is 0.125. The zero-order valence-corrected chi connectivity index (χ0v) is 17.8.